The molecule has 262 valence electrons. The normalized spacial score (nSPS) is 38.9. The lowest BCUT2D eigenvalue weighted by Crippen LogP contribution is -2.66. The second kappa shape index (κ2) is 12.0. The average Bonchev–Trinajstić information content (AvgIpc) is 3.49. The molecule has 0 amide bonds. The quantitative estimate of drug-likeness (QED) is 0.228. The summed E-state index contributed by atoms with van der Waals surface area (Å²) in [6.45, 7) is 19.9. The highest BCUT2D eigenvalue weighted by Gasteiger charge is 2.71. The molecule has 0 spiro atoms. The molecule has 5 aliphatic rings. The molecule has 2 aromatic carbocycles. The summed E-state index contributed by atoms with van der Waals surface area (Å²) in [5.41, 5.74) is 5.72. The largest absolute Gasteiger partial charge is 0.465 e. The van der Waals surface area contributed by atoms with Crippen molar-refractivity contribution in [1.82, 2.24) is 0 Å². The first kappa shape index (κ1) is 34.3. The summed E-state index contributed by atoms with van der Waals surface area (Å²) in [4.78, 5) is 26.5. The molecule has 0 N–H and O–H groups in total. The van der Waals surface area contributed by atoms with Crippen LogP contribution in [0.2, 0.25) is 0 Å². The Bertz CT molecular complexity index is 1650. The zero-order chi connectivity index (χ0) is 35.0. The summed E-state index contributed by atoms with van der Waals surface area (Å²) >= 11 is 0. The number of allylic oxidation sites excluding steroid dienone is 3. The van der Waals surface area contributed by atoms with Crippen LogP contribution in [0.5, 0.6) is 0 Å². The SMILES string of the molecule is C=C(C)C1CCC2(C(=O)OCc3ccccc3)CCC3(C)C(CCC4C5(C)CC=C(c6ccc(C(=O)OC)cc6)C(C)(C)C5CCC43C)C12. The van der Waals surface area contributed by atoms with E-state index < -0.39 is 5.41 Å². The van der Waals surface area contributed by atoms with Crippen molar-refractivity contribution in [2.24, 2.45) is 56.7 Å². The average molecular weight is 663 g/mol. The fraction of sp³-hybridized carbons (Fsp3) is 0.600. The van der Waals surface area contributed by atoms with Crippen molar-refractivity contribution in [1.29, 1.82) is 0 Å². The highest BCUT2D eigenvalue weighted by Crippen LogP contribution is 2.77. The van der Waals surface area contributed by atoms with Gasteiger partial charge >= 0.3 is 11.9 Å². The van der Waals surface area contributed by atoms with Crippen molar-refractivity contribution >= 4 is 17.5 Å². The fourth-order valence-corrected chi connectivity index (χ4v) is 13.4. The number of ether oxygens (including phenoxy) is 2. The molecule has 0 saturated heterocycles. The number of hydrogen-bond donors (Lipinski definition) is 0. The van der Waals surface area contributed by atoms with Gasteiger partial charge < -0.3 is 9.47 Å². The van der Waals surface area contributed by atoms with Gasteiger partial charge in [-0.05, 0) is 145 Å². The van der Waals surface area contributed by atoms with Gasteiger partial charge in [-0.3, -0.25) is 4.79 Å². The molecule has 4 nitrogen and oxygen atoms in total. The van der Waals surface area contributed by atoms with Gasteiger partial charge in [-0.1, -0.05) is 95.3 Å². The van der Waals surface area contributed by atoms with Crippen molar-refractivity contribution in [3.05, 3.63) is 89.5 Å². The monoisotopic (exact) mass is 662 g/mol. The zero-order valence-electron chi connectivity index (χ0n) is 31.1. The Kier molecular flexibility index (Phi) is 8.39. The van der Waals surface area contributed by atoms with E-state index in [-0.39, 0.29) is 33.6 Å². The maximum absolute atomic E-state index is 14.3. The first-order chi connectivity index (χ1) is 23.2. The van der Waals surface area contributed by atoms with Crippen LogP contribution in [-0.4, -0.2) is 19.0 Å². The van der Waals surface area contributed by atoms with Crippen LogP contribution in [0.25, 0.3) is 5.57 Å². The predicted octanol–water partition coefficient (Wildman–Crippen LogP) is 10.9. The molecule has 4 fully saturated rings. The van der Waals surface area contributed by atoms with Crippen LogP contribution >= 0.6 is 0 Å². The third kappa shape index (κ3) is 4.96. The van der Waals surface area contributed by atoms with Crippen LogP contribution in [0, 0.1) is 56.7 Å². The van der Waals surface area contributed by atoms with E-state index in [2.05, 4.69) is 78.5 Å². The third-order valence-corrected chi connectivity index (χ3v) is 15.9. The topological polar surface area (TPSA) is 52.6 Å². The van der Waals surface area contributed by atoms with E-state index in [1.165, 1.54) is 49.5 Å². The summed E-state index contributed by atoms with van der Waals surface area (Å²) < 4.78 is 11.2. The molecule has 4 heteroatoms. The lowest BCUT2D eigenvalue weighted by Gasteiger charge is -2.72. The van der Waals surface area contributed by atoms with Crippen molar-refractivity contribution in [3.8, 4) is 0 Å². The lowest BCUT2D eigenvalue weighted by atomic mass is 9.32. The Morgan fingerprint density at radius 1 is 0.816 bits per heavy atom. The summed E-state index contributed by atoms with van der Waals surface area (Å²) in [5, 5.41) is 0. The molecule has 0 heterocycles. The Labute approximate surface area is 295 Å². The van der Waals surface area contributed by atoms with Crippen molar-refractivity contribution in [2.45, 2.75) is 106 Å². The molecule has 5 aliphatic carbocycles. The van der Waals surface area contributed by atoms with E-state index in [0.29, 0.717) is 41.8 Å². The first-order valence-corrected chi connectivity index (χ1v) is 19.0. The summed E-state index contributed by atoms with van der Waals surface area (Å²) in [7, 11) is 1.44. The zero-order valence-corrected chi connectivity index (χ0v) is 31.1. The Morgan fingerprint density at radius 3 is 2.20 bits per heavy atom. The van der Waals surface area contributed by atoms with Crippen LogP contribution in [0.15, 0.2) is 72.8 Å². The standard InChI is InChI=1S/C45H58O4/c1-29(2)33-20-25-45(40(47)49-28-30-12-10-9-11-13-30)27-26-43(6)35(38(33)45)18-19-37-42(5)23-21-34(31-14-16-32(17-15-31)39(46)48-8)41(3,4)36(42)22-24-44(37,43)7/h9-17,21,33,35-38H,1,18-20,22-28H2,2-8H3. The van der Waals surface area contributed by atoms with E-state index >= 15 is 0 Å². The number of methoxy groups -OCH3 is 1. The van der Waals surface area contributed by atoms with Gasteiger partial charge in [-0.2, -0.15) is 0 Å². The van der Waals surface area contributed by atoms with Crippen LogP contribution < -0.4 is 0 Å². The Morgan fingerprint density at radius 2 is 1.53 bits per heavy atom. The van der Waals surface area contributed by atoms with E-state index in [4.69, 9.17) is 9.47 Å². The van der Waals surface area contributed by atoms with E-state index in [0.717, 1.165) is 37.7 Å². The second-order valence-electron chi connectivity index (χ2n) is 18.0. The molecule has 7 rings (SSSR count). The number of carbonyl (C=O) groups excluding carboxylic acids is 2. The molecule has 9 unspecified atom stereocenters. The lowest BCUT2D eigenvalue weighted by molar-refractivity contribution is -0.229. The molecule has 49 heavy (non-hydrogen) atoms. The number of carbonyl (C=O) groups is 2. The summed E-state index contributed by atoms with van der Waals surface area (Å²) in [5.74, 6) is 2.13. The van der Waals surface area contributed by atoms with Gasteiger partial charge in [0, 0.05) is 0 Å². The van der Waals surface area contributed by atoms with Gasteiger partial charge in [0.2, 0.25) is 0 Å². The molecule has 9 atom stereocenters. The molecule has 0 aliphatic heterocycles. The van der Waals surface area contributed by atoms with Crippen molar-refractivity contribution in [2.75, 3.05) is 7.11 Å². The number of esters is 2. The minimum atomic E-state index is -0.402. The van der Waals surface area contributed by atoms with Crippen molar-refractivity contribution in [3.63, 3.8) is 0 Å². The Hall–Kier alpha value is -3.14. The van der Waals surface area contributed by atoms with Crippen LogP contribution in [-0.2, 0) is 20.9 Å². The number of rotatable bonds is 6. The molecule has 0 radical (unpaired) electrons. The minimum Gasteiger partial charge on any atom is -0.465 e. The number of fused-ring (bicyclic) bond motifs is 7. The van der Waals surface area contributed by atoms with Gasteiger partial charge in [-0.15, -0.1) is 0 Å². The molecule has 0 aromatic heterocycles. The third-order valence-electron chi connectivity index (χ3n) is 15.9. The second-order valence-corrected chi connectivity index (χ2v) is 18.0. The fourth-order valence-electron chi connectivity index (χ4n) is 13.4. The molecule has 4 saturated carbocycles. The smallest absolute Gasteiger partial charge is 0.337 e. The maximum Gasteiger partial charge on any atom is 0.337 e. The molecule has 2 aromatic rings. The summed E-state index contributed by atoms with van der Waals surface area (Å²) in [6, 6.07) is 18.2. The van der Waals surface area contributed by atoms with Crippen LogP contribution in [0.4, 0.5) is 0 Å². The van der Waals surface area contributed by atoms with Gasteiger partial charge in [0.1, 0.15) is 6.61 Å². The van der Waals surface area contributed by atoms with Gasteiger partial charge in [-0.25, -0.2) is 4.79 Å². The highest BCUT2D eigenvalue weighted by molar-refractivity contribution is 5.90. The van der Waals surface area contributed by atoms with Crippen molar-refractivity contribution < 1.29 is 19.1 Å². The van der Waals surface area contributed by atoms with E-state index in [9.17, 15) is 9.59 Å². The predicted molar refractivity (Wildman–Crippen MR) is 196 cm³/mol. The molecule has 0 bridgehead atoms. The molecular formula is C45H58O4. The summed E-state index contributed by atoms with van der Waals surface area (Å²) in [6.07, 6.45) is 12.5. The van der Waals surface area contributed by atoms with Gasteiger partial charge in [0.05, 0.1) is 18.1 Å². The molecular weight excluding hydrogens is 604 g/mol. The minimum absolute atomic E-state index is 0.0135. The number of hydrogen-bond acceptors (Lipinski definition) is 4. The first-order valence-electron chi connectivity index (χ1n) is 19.0. The van der Waals surface area contributed by atoms with Gasteiger partial charge in [0.25, 0.3) is 0 Å². The van der Waals surface area contributed by atoms with Crippen LogP contribution in [0.3, 0.4) is 0 Å². The van der Waals surface area contributed by atoms with Gasteiger partial charge in [0.15, 0.2) is 0 Å². The van der Waals surface area contributed by atoms with E-state index in [1.807, 2.05) is 30.3 Å². The maximum atomic E-state index is 14.3. The highest BCUT2D eigenvalue weighted by atomic mass is 16.5. The number of benzene rings is 2. The van der Waals surface area contributed by atoms with E-state index in [1.54, 1.807) is 0 Å². The van der Waals surface area contributed by atoms with Crippen LogP contribution in [0.1, 0.15) is 121 Å². The Balaban J connectivity index is 1.19.